The highest BCUT2D eigenvalue weighted by Crippen LogP contribution is 2.23. The molecule has 3 nitrogen and oxygen atoms in total. The quantitative estimate of drug-likeness (QED) is 0.775. The summed E-state index contributed by atoms with van der Waals surface area (Å²) in [5, 5.41) is 0. The van der Waals surface area contributed by atoms with Crippen LogP contribution < -0.4 is 5.73 Å². The molecule has 74 valence electrons. The first kappa shape index (κ1) is 10.3. The Labute approximate surface area is 80.0 Å². The fraction of sp³-hybridized carbons (Fsp3) is 0.700. The second kappa shape index (κ2) is 3.50. The smallest absolute Gasteiger partial charge is 0.0953 e. The van der Waals surface area contributed by atoms with E-state index in [1.165, 1.54) is 0 Å². The van der Waals surface area contributed by atoms with Crippen LogP contribution in [0.5, 0.6) is 0 Å². The van der Waals surface area contributed by atoms with Crippen molar-refractivity contribution in [3.05, 3.63) is 18.2 Å². The molecule has 0 aromatic carbocycles. The molecule has 0 aliphatic heterocycles. The van der Waals surface area contributed by atoms with E-state index in [1.54, 1.807) is 0 Å². The van der Waals surface area contributed by atoms with E-state index in [2.05, 4.69) is 30.3 Å². The molecule has 2 N–H and O–H groups in total. The van der Waals surface area contributed by atoms with Crippen molar-refractivity contribution in [1.82, 2.24) is 9.55 Å². The number of hydrogen-bond donors (Lipinski definition) is 1. The zero-order chi connectivity index (χ0) is 10.1. The number of rotatable bonds is 3. The van der Waals surface area contributed by atoms with Gasteiger partial charge in [0.15, 0.2) is 0 Å². The van der Waals surface area contributed by atoms with Gasteiger partial charge in [-0.05, 0) is 27.2 Å². The van der Waals surface area contributed by atoms with Gasteiger partial charge in [-0.3, -0.25) is 0 Å². The summed E-state index contributed by atoms with van der Waals surface area (Å²) in [6.07, 6.45) is 4.79. The van der Waals surface area contributed by atoms with E-state index in [1.807, 2.05) is 19.4 Å². The standard InChI is InChI=1S/C10H19N3/c1-5-10(3,4)13-7-12-6-9(13)8(2)11/h6-8H,5,11H2,1-4H3/t8-/m1/s1. The Morgan fingerprint density at radius 1 is 1.62 bits per heavy atom. The van der Waals surface area contributed by atoms with Gasteiger partial charge in [0.2, 0.25) is 0 Å². The SMILES string of the molecule is CCC(C)(C)n1cncc1[C@@H](C)N. The number of hydrogen-bond acceptors (Lipinski definition) is 2. The molecule has 3 heteroatoms. The van der Waals surface area contributed by atoms with Crippen molar-refractivity contribution in [3.8, 4) is 0 Å². The maximum Gasteiger partial charge on any atom is 0.0953 e. The molecule has 0 saturated carbocycles. The van der Waals surface area contributed by atoms with Gasteiger partial charge < -0.3 is 10.3 Å². The molecule has 1 rings (SSSR count). The molecule has 1 aromatic rings. The van der Waals surface area contributed by atoms with Gasteiger partial charge in [-0.2, -0.15) is 0 Å². The van der Waals surface area contributed by atoms with Crippen molar-refractivity contribution >= 4 is 0 Å². The monoisotopic (exact) mass is 181 g/mol. The fourth-order valence-electron chi connectivity index (χ4n) is 1.32. The predicted octanol–water partition coefficient (Wildman–Crippen LogP) is 2.05. The largest absolute Gasteiger partial charge is 0.328 e. The van der Waals surface area contributed by atoms with Crippen LogP contribution >= 0.6 is 0 Å². The lowest BCUT2D eigenvalue weighted by Crippen LogP contribution is -2.28. The molecule has 0 spiro atoms. The van der Waals surface area contributed by atoms with Gasteiger partial charge in [-0.15, -0.1) is 0 Å². The minimum Gasteiger partial charge on any atom is -0.328 e. The molecular weight excluding hydrogens is 162 g/mol. The number of aromatic nitrogens is 2. The van der Waals surface area contributed by atoms with E-state index >= 15 is 0 Å². The molecule has 0 aliphatic rings. The van der Waals surface area contributed by atoms with Crippen molar-refractivity contribution in [2.24, 2.45) is 5.73 Å². The Kier molecular flexibility index (Phi) is 2.76. The van der Waals surface area contributed by atoms with Crippen LogP contribution in [0.2, 0.25) is 0 Å². The van der Waals surface area contributed by atoms with E-state index in [0.717, 1.165) is 12.1 Å². The van der Waals surface area contributed by atoms with Crippen molar-refractivity contribution in [2.75, 3.05) is 0 Å². The third-order valence-electron chi connectivity index (χ3n) is 2.65. The third-order valence-corrected chi connectivity index (χ3v) is 2.65. The molecule has 1 atom stereocenters. The zero-order valence-electron chi connectivity index (χ0n) is 8.91. The van der Waals surface area contributed by atoms with Gasteiger partial charge in [0.25, 0.3) is 0 Å². The maximum absolute atomic E-state index is 5.85. The van der Waals surface area contributed by atoms with Crippen molar-refractivity contribution in [2.45, 2.75) is 45.7 Å². The molecule has 0 bridgehead atoms. The predicted molar refractivity (Wildman–Crippen MR) is 54.4 cm³/mol. The highest BCUT2D eigenvalue weighted by Gasteiger charge is 2.21. The van der Waals surface area contributed by atoms with E-state index in [0.29, 0.717) is 0 Å². The van der Waals surface area contributed by atoms with Crippen LogP contribution in [-0.2, 0) is 5.54 Å². The van der Waals surface area contributed by atoms with Crippen molar-refractivity contribution in [3.63, 3.8) is 0 Å². The minimum absolute atomic E-state index is 0.0494. The first-order valence-electron chi connectivity index (χ1n) is 4.77. The Morgan fingerprint density at radius 2 is 2.23 bits per heavy atom. The summed E-state index contributed by atoms with van der Waals surface area (Å²) >= 11 is 0. The molecule has 0 fully saturated rings. The molecule has 13 heavy (non-hydrogen) atoms. The van der Waals surface area contributed by atoms with E-state index in [9.17, 15) is 0 Å². The first-order chi connectivity index (χ1) is 5.99. The van der Waals surface area contributed by atoms with E-state index < -0.39 is 0 Å². The lowest BCUT2D eigenvalue weighted by atomic mass is 10.0. The molecule has 0 aliphatic carbocycles. The summed E-state index contributed by atoms with van der Waals surface area (Å²) in [5.74, 6) is 0. The summed E-state index contributed by atoms with van der Waals surface area (Å²) in [6, 6.07) is 0.0494. The molecule has 1 heterocycles. The third kappa shape index (κ3) is 1.91. The van der Waals surface area contributed by atoms with Crippen LogP contribution in [-0.4, -0.2) is 9.55 Å². The van der Waals surface area contributed by atoms with Gasteiger partial charge in [-0.25, -0.2) is 4.98 Å². The normalized spacial score (nSPS) is 14.5. The molecule has 0 amide bonds. The molecule has 0 saturated heterocycles. The van der Waals surface area contributed by atoms with Gasteiger partial charge in [-0.1, -0.05) is 6.92 Å². The Hall–Kier alpha value is -0.830. The lowest BCUT2D eigenvalue weighted by molar-refractivity contribution is 0.328. The number of nitrogens with zero attached hydrogens (tertiary/aromatic N) is 2. The Bertz CT molecular complexity index is 273. The maximum atomic E-state index is 5.85. The zero-order valence-corrected chi connectivity index (χ0v) is 8.91. The van der Waals surface area contributed by atoms with Crippen LogP contribution in [0.1, 0.15) is 45.9 Å². The van der Waals surface area contributed by atoms with Crippen LogP contribution in [0.25, 0.3) is 0 Å². The Balaban J connectivity index is 3.07. The Morgan fingerprint density at radius 3 is 2.69 bits per heavy atom. The summed E-state index contributed by atoms with van der Waals surface area (Å²) < 4.78 is 2.16. The number of nitrogens with two attached hydrogens (primary N) is 1. The molecule has 1 aromatic heterocycles. The topological polar surface area (TPSA) is 43.8 Å². The second-order valence-electron chi connectivity index (χ2n) is 4.14. The van der Waals surface area contributed by atoms with Gasteiger partial charge in [0, 0.05) is 17.8 Å². The fourth-order valence-corrected chi connectivity index (χ4v) is 1.32. The molecular formula is C10H19N3. The molecule has 0 unspecified atom stereocenters. The van der Waals surface area contributed by atoms with Crippen molar-refractivity contribution in [1.29, 1.82) is 0 Å². The van der Waals surface area contributed by atoms with Gasteiger partial charge in [0.05, 0.1) is 12.0 Å². The highest BCUT2D eigenvalue weighted by molar-refractivity contribution is 5.06. The van der Waals surface area contributed by atoms with E-state index in [4.69, 9.17) is 5.73 Å². The lowest BCUT2D eigenvalue weighted by Gasteiger charge is -2.28. The van der Waals surface area contributed by atoms with Gasteiger partial charge in [0.1, 0.15) is 0 Å². The van der Waals surface area contributed by atoms with Gasteiger partial charge >= 0.3 is 0 Å². The van der Waals surface area contributed by atoms with Crippen LogP contribution in [0.3, 0.4) is 0 Å². The summed E-state index contributed by atoms with van der Waals surface area (Å²) in [6.45, 7) is 8.55. The minimum atomic E-state index is 0.0494. The highest BCUT2D eigenvalue weighted by atomic mass is 15.1. The summed E-state index contributed by atoms with van der Waals surface area (Å²) in [7, 11) is 0. The van der Waals surface area contributed by atoms with E-state index in [-0.39, 0.29) is 11.6 Å². The van der Waals surface area contributed by atoms with Crippen molar-refractivity contribution < 1.29 is 0 Å². The summed E-state index contributed by atoms with van der Waals surface area (Å²) in [4.78, 5) is 4.14. The van der Waals surface area contributed by atoms with Crippen LogP contribution in [0.4, 0.5) is 0 Å². The van der Waals surface area contributed by atoms with Crippen LogP contribution in [0.15, 0.2) is 12.5 Å². The number of imidazole rings is 1. The molecule has 0 radical (unpaired) electrons. The average molecular weight is 181 g/mol. The second-order valence-corrected chi connectivity index (χ2v) is 4.14. The average Bonchev–Trinajstić information content (AvgIpc) is 2.52. The summed E-state index contributed by atoms with van der Waals surface area (Å²) in [5.41, 5.74) is 7.06. The first-order valence-corrected chi connectivity index (χ1v) is 4.77. The van der Waals surface area contributed by atoms with Crippen LogP contribution in [0, 0.1) is 0 Å².